The van der Waals surface area contributed by atoms with Crippen LogP contribution in [0.25, 0.3) is 0 Å². The van der Waals surface area contributed by atoms with Crippen molar-refractivity contribution in [2.24, 2.45) is 5.41 Å². The lowest BCUT2D eigenvalue weighted by atomic mass is 9.72. The Hall–Kier alpha value is -0.350. The van der Waals surface area contributed by atoms with Gasteiger partial charge in [0.05, 0.1) is 0 Å². The molecule has 1 saturated carbocycles. The first-order valence-corrected chi connectivity index (χ1v) is 4.15. The van der Waals surface area contributed by atoms with Crippen molar-refractivity contribution in [3.63, 3.8) is 0 Å². The van der Waals surface area contributed by atoms with Crippen LogP contribution < -0.4 is 0 Å². The van der Waals surface area contributed by atoms with Crippen molar-refractivity contribution in [3.8, 4) is 0 Å². The maximum Gasteiger partial charge on any atom is 0.399 e. The van der Waals surface area contributed by atoms with E-state index in [4.69, 9.17) is 0 Å². The fourth-order valence-corrected chi connectivity index (χ4v) is 1.63. The molecule has 0 N–H and O–H groups in total. The fourth-order valence-electron chi connectivity index (χ4n) is 1.63. The van der Waals surface area contributed by atoms with Crippen molar-refractivity contribution >= 4 is 0 Å². The van der Waals surface area contributed by atoms with Gasteiger partial charge in [-0.1, -0.05) is 6.42 Å². The van der Waals surface area contributed by atoms with Crippen LogP contribution in [0.5, 0.6) is 0 Å². The average Bonchev–Trinajstić information content (AvgIpc) is 1.93. The molecular formula is C8H11F5. The fraction of sp³-hybridized carbons (Fsp3) is 1.00. The van der Waals surface area contributed by atoms with E-state index in [1.807, 2.05) is 0 Å². The molecule has 0 spiro atoms. The van der Waals surface area contributed by atoms with Gasteiger partial charge in [-0.15, -0.1) is 0 Å². The first-order valence-electron chi connectivity index (χ1n) is 4.15. The van der Waals surface area contributed by atoms with Crippen molar-refractivity contribution in [2.45, 2.75) is 44.7 Å². The molecule has 1 atom stereocenters. The van der Waals surface area contributed by atoms with Crippen LogP contribution in [0.2, 0.25) is 0 Å². The molecule has 0 aromatic heterocycles. The zero-order valence-electron chi connectivity index (χ0n) is 7.22. The van der Waals surface area contributed by atoms with Gasteiger partial charge in [-0.3, -0.25) is 0 Å². The lowest BCUT2D eigenvalue weighted by Gasteiger charge is -2.42. The number of hydrogen-bond acceptors (Lipinski definition) is 0. The zero-order valence-corrected chi connectivity index (χ0v) is 7.22. The Morgan fingerprint density at radius 1 is 1.00 bits per heavy atom. The molecular weight excluding hydrogens is 191 g/mol. The minimum Gasteiger partial charge on any atom is -0.206 e. The molecule has 1 rings (SSSR count). The van der Waals surface area contributed by atoms with E-state index in [2.05, 4.69) is 0 Å². The molecule has 0 saturated heterocycles. The van der Waals surface area contributed by atoms with Crippen LogP contribution in [-0.4, -0.2) is 12.1 Å². The van der Waals surface area contributed by atoms with Gasteiger partial charge in [0.2, 0.25) is 0 Å². The van der Waals surface area contributed by atoms with Gasteiger partial charge in [-0.2, -0.15) is 13.2 Å². The van der Waals surface area contributed by atoms with Crippen molar-refractivity contribution < 1.29 is 22.0 Å². The molecule has 0 heterocycles. The summed E-state index contributed by atoms with van der Waals surface area (Å²) in [5.74, 6) is -3.61. The SMILES string of the molecule is CC1(C(F)(F)F)CCCCC1(F)F. The topological polar surface area (TPSA) is 0 Å². The first-order chi connectivity index (χ1) is 5.71. The molecule has 0 bridgehead atoms. The second kappa shape index (κ2) is 2.82. The van der Waals surface area contributed by atoms with Gasteiger partial charge in [0, 0.05) is 6.42 Å². The average molecular weight is 202 g/mol. The van der Waals surface area contributed by atoms with E-state index >= 15 is 0 Å². The van der Waals surface area contributed by atoms with Crippen LogP contribution in [0.3, 0.4) is 0 Å². The molecule has 5 heteroatoms. The number of rotatable bonds is 0. The molecule has 78 valence electrons. The van der Waals surface area contributed by atoms with Crippen LogP contribution in [0.1, 0.15) is 32.6 Å². The van der Waals surface area contributed by atoms with E-state index in [1.165, 1.54) is 0 Å². The quantitative estimate of drug-likeness (QED) is 0.524. The Balaban J connectivity index is 2.98. The summed E-state index contributed by atoms with van der Waals surface area (Å²) in [6.07, 6.45) is -5.52. The highest BCUT2D eigenvalue weighted by molar-refractivity contribution is 4.97. The van der Waals surface area contributed by atoms with Crippen molar-refractivity contribution in [2.75, 3.05) is 0 Å². The Kier molecular flexibility index (Phi) is 2.33. The van der Waals surface area contributed by atoms with Crippen molar-refractivity contribution in [1.82, 2.24) is 0 Å². The second-order valence-corrected chi connectivity index (χ2v) is 3.74. The zero-order chi connectivity index (χ0) is 10.3. The summed E-state index contributed by atoms with van der Waals surface area (Å²) in [7, 11) is 0. The minimum atomic E-state index is -4.81. The summed E-state index contributed by atoms with van der Waals surface area (Å²) in [4.78, 5) is 0. The molecule has 0 aliphatic heterocycles. The molecule has 0 aromatic rings. The van der Waals surface area contributed by atoms with Gasteiger partial charge in [-0.05, 0) is 19.8 Å². The van der Waals surface area contributed by atoms with E-state index in [-0.39, 0.29) is 12.8 Å². The summed E-state index contributed by atoms with van der Waals surface area (Å²) in [5, 5.41) is 0. The van der Waals surface area contributed by atoms with Crippen molar-refractivity contribution in [3.05, 3.63) is 0 Å². The van der Waals surface area contributed by atoms with Crippen molar-refractivity contribution in [1.29, 1.82) is 0 Å². The molecule has 1 aliphatic carbocycles. The Labute approximate surface area is 73.1 Å². The van der Waals surface area contributed by atoms with Gasteiger partial charge >= 0.3 is 6.18 Å². The predicted octanol–water partition coefficient (Wildman–Crippen LogP) is 3.76. The van der Waals surface area contributed by atoms with Crippen LogP contribution in [0, 0.1) is 5.41 Å². The Morgan fingerprint density at radius 3 is 1.77 bits per heavy atom. The molecule has 0 aromatic carbocycles. The molecule has 0 radical (unpaired) electrons. The maximum absolute atomic E-state index is 13.0. The normalized spacial score (nSPS) is 34.6. The number of alkyl halides is 5. The highest BCUT2D eigenvalue weighted by Gasteiger charge is 2.66. The van der Waals surface area contributed by atoms with E-state index in [1.54, 1.807) is 0 Å². The smallest absolute Gasteiger partial charge is 0.206 e. The lowest BCUT2D eigenvalue weighted by molar-refractivity contribution is -0.304. The Morgan fingerprint density at radius 2 is 1.46 bits per heavy atom. The largest absolute Gasteiger partial charge is 0.399 e. The maximum atomic E-state index is 13.0. The van der Waals surface area contributed by atoms with Gasteiger partial charge in [-0.25, -0.2) is 8.78 Å². The standard InChI is InChI=1S/C8H11F5/c1-6(8(11,12)13)4-2-3-5-7(6,9)10/h2-5H2,1H3. The van der Waals surface area contributed by atoms with Gasteiger partial charge in [0.1, 0.15) is 5.41 Å². The van der Waals surface area contributed by atoms with E-state index < -0.39 is 30.4 Å². The summed E-state index contributed by atoms with van der Waals surface area (Å²) in [5.41, 5.74) is -2.82. The number of hydrogen-bond donors (Lipinski definition) is 0. The van der Waals surface area contributed by atoms with E-state index in [0.29, 0.717) is 6.92 Å². The van der Waals surface area contributed by atoms with Gasteiger partial charge < -0.3 is 0 Å². The third kappa shape index (κ3) is 1.53. The van der Waals surface area contributed by atoms with Gasteiger partial charge in [0.25, 0.3) is 5.92 Å². The first kappa shape index (κ1) is 10.7. The van der Waals surface area contributed by atoms with Crippen LogP contribution in [-0.2, 0) is 0 Å². The van der Waals surface area contributed by atoms with Crippen LogP contribution >= 0.6 is 0 Å². The molecule has 1 fully saturated rings. The third-order valence-corrected chi connectivity index (χ3v) is 2.85. The predicted molar refractivity (Wildman–Crippen MR) is 37.6 cm³/mol. The van der Waals surface area contributed by atoms with Crippen LogP contribution in [0.4, 0.5) is 22.0 Å². The molecule has 1 aliphatic rings. The van der Waals surface area contributed by atoms with E-state index in [9.17, 15) is 22.0 Å². The summed E-state index contributed by atoms with van der Waals surface area (Å²) < 4.78 is 63.1. The molecule has 1 unspecified atom stereocenters. The minimum absolute atomic E-state index is 0.179. The summed E-state index contributed by atoms with van der Waals surface area (Å²) in [6.45, 7) is 0.617. The molecule has 13 heavy (non-hydrogen) atoms. The van der Waals surface area contributed by atoms with Gasteiger partial charge in [0.15, 0.2) is 0 Å². The highest BCUT2D eigenvalue weighted by Crippen LogP contribution is 2.56. The monoisotopic (exact) mass is 202 g/mol. The molecule has 0 amide bonds. The molecule has 0 nitrogen and oxygen atoms in total. The lowest BCUT2D eigenvalue weighted by Crippen LogP contribution is -2.51. The second-order valence-electron chi connectivity index (χ2n) is 3.74. The third-order valence-electron chi connectivity index (χ3n) is 2.85. The summed E-state index contributed by atoms with van der Waals surface area (Å²) in [6, 6.07) is 0. The number of halogens is 5. The van der Waals surface area contributed by atoms with Crippen LogP contribution in [0.15, 0.2) is 0 Å². The Bertz CT molecular complexity index is 195. The van der Waals surface area contributed by atoms with E-state index in [0.717, 1.165) is 0 Å². The highest BCUT2D eigenvalue weighted by atomic mass is 19.4. The summed E-state index contributed by atoms with van der Waals surface area (Å²) >= 11 is 0.